The number of carboxylic acids is 1. The lowest BCUT2D eigenvalue weighted by Crippen LogP contribution is -2.32. The standard InChI is InChI=1S/C19H25ClNO3PS/c1-12(2)21(25(6,24)14-9-7-13(20)8-10-14)15-11-16(19(3,4)5)26-17(15)18(22)23/h7-12H,1-6H3,(H,22,23). The fourth-order valence-corrected chi connectivity index (χ4v) is 6.48. The van der Waals surface area contributed by atoms with E-state index in [1.54, 1.807) is 35.6 Å². The third kappa shape index (κ3) is 4.16. The van der Waals surface area contributed by atoms with E-state index in [0.29, 0.717) is 16.0 Å². The van der Waals surface area contributed by atoms with Crippen LogP contribution >= 0.6 is 30.2 Å². The quantitative estimate of drug-likeness (QED) is 0.625. The Balaban J connectivity index is 2.67. The first-order chi connectivity index (χ1) is 11.9. The zero-order valence-corrected chi connectivity index (χ0v) is 18.4. The second-order valence-corrected chi connectivity index (χ2v) is 11.9. The zero-order valence-electron chi connectivity index (χ0n) is 15.9. The van der Waals surface area contributed by atoms with Gasteiger partial charge in [-0.1, -0.05) is 32.4 Å². The van der Waals surface area contributed by atoms with Crippen molar-refractivity contribution in [1.29, 1.82) is 0 Å². The average molecular weight is 414 g/mol. The Kier molecular flexibility index (Phi) is 5.96. The lowest BCUT2D eigenvalue weighted by atomic mass is 9.94. The Morgan fingerprint density at radius 2 is 1.77 bits per heavy atom. The molecule has 0 aliphatic heterocycles. The summed E-state index contributed by atoms with van der Waals surface area (Å²) in [7, 11) is -3.04. The number of hydrogen-bond donors (Lipinski definition) is 1. The molecule has 0 bridgehead atoms. The Morgan fingerprint density at radius 1 is 1.23 bits per heavy atom. The van der Waals surface area contributed by atoms with Gasteiger partial charge in [-0.05, 0) is 49.6 Å². The van der Waals surface area contributed by atoms with Crippen molar-refractivity contribution in [2.45, 2.75) is 46.1 Å². The van der Waals surface area contributed by atoms with Gasteiger partial charge in [0, 0.05) is 27.9 Å². The molecular weight excluding hydrogens is 389 g/mol. The smallest absolute Gasteiger partial charge is 0.348 e. The molecule has 4 nitrogen and oxygen atoms in total. The molecule has 0 aliphatic rings. The molecule has 1 N–H and O–H groups in total. The summed E-state index contributed by atoms with van der Waals surface area (Å²) in [6.45, 7) is 11.6. The number of thiophene rings is 1. The van der Waals surface area contributed by atoms with E-state index >= 15 is 0 Å². The number of rotatable bonds is 5. The van der Waals surface area contributed by atoms with E-state index in [4.69, 9.17) is 11.6 Å². The van der Waals surface area contributed by atoms with Crippen LogP contribution in [-0.2, 0) is 9.98 Å². The molecule has 1 unspecified atom stereocenters. The highest BCUT2D eigenvalue weighted by molar-refractivity contribution is 7.72. The van der Waals surface area contributed by atoms with Gasteiger partial charge >= 0.3 is 5.97 Å². The molecule has 0 radical (unpaired) electrons. The van der Waals surface area contributed by atoms with Gasteiger partial charge in [0.2, 0.25) is 0 Å². The number of hydrogen-bond acceptors (Lipinski definition) is 3. The minimum Gasteiger partial charge on any atom is -0.477 e. The molecule has 7 heteroatoms. The summed E-state index contributed by atoms with van der Waals surface area (Å²) in [4.78, 5) is 13.0. The van der Waals surface area contributed by atoms with Crippen LogP contribution in [0.15, 0.2) is 30.3 Å². The first-order valence-electron chi connectivity index (χ1n) is 8.36. The van der Waals surface area contributed by atoms with Crippen molar-refractivity contribution in [2.24, 2.45) is 0 Å². The molecule has 26 heavy (non-hydrogen) atoms. The summed E-state index contributed by atoms with van der Waals surface area (Å²) >= 11 is 7.21. The van der Waals surface area contributed by atoms with Crippen molar-refractivity contribution in [3.05, 3.63) is 45.1 Å². The van der Waals surface area contributed by atoms with Crippen LogP contribution in [0.3, 0.4) is 0 Å². The van der Waals surface area contributed by atoms with Gasteiger partial charge in [0.1, 0.15) is 4.88 Å². The predicted octanol–water partition coefficient (Wildman–Crippen LogP) is 5.85. The van der Waals surface area contributed by atoms with E-state index in [1.165, 1.54) is 11.3 Å². The van der Waals surface area contributed by atoms with Gasteiger partial charge in [-0.25, -0.2) is 4.79 Å². The normalized spacial score (nSPS) is 14.3. The first-order valence-corrected chi connectivity index (χ1v) is 11.7. The third-order valence-electron chi connectivity index (χ3n) is 4.10. The van der Waals surface area contributed by atoms with Crippen LogP contribution in [0.5, 0.6) is 0 Å². The largest absolute Gasteiger partial charge is 0.477 e. The fraction of sp³-hybridized carbons (Fsp3) is 0.421. The Morgan fingerprint density at radius 3 is 2.19 bits per heavy atom. The molecule has 2 aromatic rings. The Bertz CT molecular complexity index is 853. The summed E-state index contributed by atoms with van der Waals surface area (Å²) in [5.74, 6) is -0.998. The van der Waals surface area contributed by atoms with Crippen LogP contribution in [-0.4, -0.2) is 23.8 Å². The third-order valence-corrected chi connectivity index (χ3v) is 8.64. The van der Waals surface area contributed by atoms with Gasteiger partial charge in [-0.3, -0.25) is 4.57 Å². The number of carbonyl (C=O) groups is 1. The van der Waals surface area contributed by atoms with Crippen molar-refractivity contribution in [3.63, 3.8) is 0 Å². The van der Waals surface area contributed by atoms with Crippen molar-refractivity contribution >= 4 is 47.2 Å². The molecule has 0 saturated heterocycles. The van der Waals surface area contributed by atoms with Crippen molar-refractivity contribution in [3.8, 4) is 0 Å². The predicted molar refractivity (Wildman–Crippen MR) is 112 cm³/mol. The summed E-state index contributed by atoms with van der Waals surface area (Å²) < 4.78 is 15.6. The van der Waals surface area contributed by atoms with E-state index in [2.05, 4.69) is 0 Å². The van der Waals surface area contributed by atoms with Gasteiger partial charge in [0.05, 0.1) is 5.69 Å². The van der Waals surface area contributed by atoms with E-state index in [9.17, 15) is 14.5 Å². The molecule has 1 heterocycles. The summed E-state index contributed by atoms with van der Waals surface area (Å²) in [5, 5.41) is 10.9. The van der Waals surface area contributed by atoms with Crippen molar-refractivity contribution in [2.75, 3.05) is 11.3 Å². The molecule has 0 amide bonds. The molecule has 1 atom stereocenters. The summed E-state index contributed by atoms with van der Waals surface area (Å²) in [6.07, 6.45) is 0. The first kappa shape index (κ1) is 21.0. The van der Waals surface area contributed by atoms with Crippen LogP contribution in [0, 0.1) is 0 Å². The average Bonchev–Trinajstić information content (AvgIpc) is 2.92. The lowest BCUT2D eigenvalue weighted by Gasteiger charge is -2.35. The molecule has 0 aliphatic carbocycles. The van der Waals surface area contributed by atoms with Gasteiger partial charge in [0.15, 0.2) is 7.29 Å². The van der Waals surface area contributed by atoms with Gasteiger partial charge in [-0.15, -0.1) is 11.3 Å². The van der Waals surface area contributed by atoms with E-state index in [1.807, 2.05) is 40.7 Å². The minimum atomic E-state index is -3.04. The number of anilines is 1. The number of halogens is 1. The van der Waals surface area contributed by atoms with Crippen LogP contribution < -0.4 is 9.97 Å². The number of benzene rings is 1. The second kappa shape index (κ2) is 7.38. The maximum Gasteiger partial charge on any atom is 0.348 e. The van der Waals surface area contributed by atoms with E-state index in [0.717, 1.165) is 4.88 Å². The summed E-state index contributed by atoms with van der Waals surface area (Å²) in [6, 6.07) is 8.64. The van der Waals surface area contributed by atoms with E-state index in [-0.39, 0.29) is 16.3 Å². The van der Waals surface area contributed by atoms with Crippen molar-refractivity contribution in [1.82, 2.24) is 0 Å². The second-order valence-electron chi connectivity index (χ2n) is 7.67. The highest BCUT2D eigenvalue weighted by Gasteiger charge is 2.35. The van der Waals surface area contributed by atoms with Crippen LogP contribution in [0.4, 0.5) is 5.69 Å². The molecule has 2 rings (SSSR count). The highest BCUT2D eigenvalue weighted by atomic mass is 35.5. The molecule has 0 saturated carbocycles. The summed E-state index contributed by atoms with van der Waals surface area (Å²) in [5.41, 5.74) is 0.330. The maximum atomic E-state index is 13.8. The fourth-order valence-electron chi connectivity index (χ4n) is 2.84. The van der Waals surface area contributed by atoms with Gasteiger partial charge in [-0.2, -0.15) is 0 Å². The van der Waals surface area contributed by atoms with Crippen LogP contribution in [0.2, 0.25) is 5.02 Å². The number of carboxylic acid groups (broad SMARTS) is 1. The maximum absolute atomic E-state index is 13.8. The molecular formula is C19H25ClNO3PS. The molecule has 0 spiro atoms. The topological polar surface area (TPSA) is 57.6 Å². The SMILES string of the molecule is CC(C)N(c1cc(C(C)(C)C)sc1C(=O)O)P(C)(=O)c1ccc(Cl)cc1. The number of aromatic carboxylic acids is 1. The lowest BCUT2D eigenvalue weighted by molar-refractivity contribution is 0.0703. The van der Waals surface area contributed by atoms with Gasteiger partial charge < -0.3 is 9.78 Å². The molecule has 142 valence electrons. The van der Waals surface area contributed by atoms with Gasteiger partial charge in [0.25, 0.3) is 0 Å². The van der Waals surface area contributed by atoms with Crippen LogP contribution in [0.25, 0.3) is 0 Å². The Hall–Kier alpha value is -1.29. The van der Waals surface area contributed by atoms with Crippen molar-refractivity contribution < 1.29 is 14.5 Å². The zero-order chi connectivity index (χ0) is 19.9. The molecule has 1 aromatic carbocycles. The molecule has 0 fully saturated rings. The monoisotopic (exact) mass is 413 g/mol. The minimum absolute atomic E-state index is 0.137. The van der Waals surface area contributed by atoms with E-state index < -0.39 is 13.3 Å². The Labute approximate surface area is 164 Å². The van der Waals surface area contributed by atoms with Crippen LogP contribution in [0.1, 0.15) is 49.2 Å². The number of nitrogens with zero attached hydrogens (tertiary/aromatic N) is 1. The highest BCUT2D eigenvalue weighted by Crippen LogP contribution is 2.52. The molecule has 1 aromatic heterocycles.